The van der Waals surface area contributed by atoms with Gasteiger partial charge in [-0.25, -0.2) is 0 Å². The maximum Gasteiger partial charge on any atom is 0.227 e. The summed E-state index contributed by atoms with van der Waals surface area (Å²) in [5.74, 6) is 1.15. The van der Waals surface area contributed by atoms with Crippen LogP contribution in [0.4, 0.5) is 5.69 Å². The number of carbonyl (C=O) groups excluding carboxylic acids is 1. The smallest absolute Gasteiger partial charge is 0.227 e. The summed E-state index contributed by atoms with van der Waals surface area (Å²) < 4.78 is 5.28. The minimum atomic E-state index is 0. The molecular formula is C23H37IN4O2. The van der Waals surface area contributed by atoms with Crippen molar-refractivity contribution in [1.82, 2.24) is 10.6 Å². The van der Waals surface area contributed by atoms with Gasteiger partial charge in [-0.1, -0.05) is 31.4 Å². The van der Waals surface area contributed by atoms with Crippen molar-refractivity contribution in [3.05, 3.63) is 29.8 Å². The number of rotatable bonds is 9. The molecule has 0 aliphatic heterocycles. The quantitative estimate of drug-likeness (QED) is 0.254. The molecule has 0 aromatic heterocycles. The van der Waals surface area contributed by atoms with Crippen LogP contribution in [0.5, 0.6) is 0 Å². The molecule has 2 aliphatic carbocycles. The lowest BCUT2D eigenvalue weighted by molar-refractivity contribution is -0.119. The lowest BCUT2D eigenvalue weighted by atomic mass is 9.67. The number of nitrogens with zero attached hydrogens (tertiary/aromatic N) is 1. The molecular weight excluding hydrogens is 491 g/mol. The molecule has 0 spiro atoms. The fourth-order valence-electron chi connectivity index (χ4n) is 4.38. The van der Waals surface area contributed by atoms with E-state index in [9.17, 15) is 4.79 Å². The van der Waals surface area contributed by atoms with Crippen LogP contribution >= 0.6 is 24.0 Å². The molecule has 2 aliphatic rings. The number of methoxy groups -OCH3 is 1. The van der Waals surface area contributed by atoms with Gasteiger partial charge >= 0.3 is 0 Å². The third kappa shape index (κ3) is 7.11. The zero-order valence-electron chi connectivity index (χ0n) is 18.3. The van der Waals surface area contributed by atoms with Crippen molar-refractivity contribution in [1.29, 1.82) is 0 Å². The average molecular weight is 528 g/mol. The molecule has 1 aromatic carbocycles. The molecule has 0 saturated heterocycles. The molecule has 0 radical (unpaired) electrons. The van der Waals surface area contributed by atoms with Gasteiger partial charge in [-0.2, -0.15) is 0 Å². The second kappa shape index (κ2) is 12.5. The lowest BCUT2D eigenvalue weighted by Gasteiger charge is -2.42. The van der Waals surface area contributed by atoms with Crippen LogP contribution in [0.25, 0.3) is 0 Å². The normalized spacial score (nSPS) is 18.3. The highest BCUT2D eigenvalue weighted by Crippen LogP contribution is 2.43. The monoisotopic (exact) mass is 528 g/mol. The molecule has 2 fully saturated rings. The number of halogens is 1. The number of hydrogen-bond donors (Lipinski definition) is 3. The first-order valence-electron chi connectivity index (χ1n) is 11.0. The Kier molecular flexibility index (Phi) is 10.4. The summed E-state index contributed by atoms with van der Waals surface area (Å²) in [4.78, 5) is 16.7. The highest BCUT2D eigenvalue weighted by atomic mass is 127. The second-order valence-corrected chi connectivity index (χ2v) is 8.55. The Balaban J connectivity index is 0.00000320. The molecule has 2 saturated carbocycles. The summed E-state index contributed by atoms with van der Waals surface area (Å²) >= 11 is 0. The molecule has 0 heterocycles. The Morgan fingerprint density at radius 1 is 1.20 bits per heavy atom. The molecule has 1 amide bonds. The first kappa shape index (κ1) is 24.9. The predicted molar refractivity (Wildman–Crippen MR) is 133 cm³/mol. The first-order chi connectivity index (χ1) is 14.1. The molecule has 0 atom stereocenters. The Morgan fingerprint density at radius 2 is 1.97 bits per heavy atom. The van der Waals surface area contributed by atoms with Crippen molar-refractivity contribution in [2.24, 2.45) is 16.3 Å². The van der Waals surface area contributed by atoms with Gasteiger partial charge in [0, 0.05) is 45.5 Å². The Hall–Kier alpha value is -1.35. The maximum atomic E-state index is 12.4. The van der Waals surface area contributed by atoms with Crippen LogP contribution in [0.3, 0.4) is 0 Å². The van der Waals surface area contributed by atoms with Crippen LogP contribution in [0.1, 0.15) is 56.9 Å². The summed E-state index contributed by atoms with van der Waals surface area (Å²) in [5.41, 5.74) is 2.34. The van der Waals surface area contributed by atoms with Crippen molar-refractivity contribution in [2.45, 2.75) is 57.9 Å². The zero-order chi connectivity index (χ0) is 20.5. The van der Waals surface area contributed by atoms with Gasteiger partial charge in [-0.15, -0.1) is 24.0 Å². The van der Waals surface area contributed by atoms with E-state index >= 15 is 0 Å². The topological polar surface area (TPSA) is 74.8 Å². The van der Waals surface area contributed by atoms with Crippen LogP contribution in [0.15, 0.2) is 29.3 Å². The molecule has 0 unspecified atom stereocenters. The number of guanidine groups is 1. The van der Waals surface area contributed by atoms with E-state index in [0.29, 0.717) is 12.0 Å². The van der Waals surface area contributed by atoms with E-state index in [-0.39, 0.29) is 35.8 Å². The summed E-state index contributed by atoms with van der Waals surface area (Å²) in [6.45, 7) is 2.40. The molecule has 3 N–H and O–H groups in total. The highest BCUT2D eigenvalue weighted by molar-refractivity contribution is 14.0. The van der Waals surface area contributed by atoms with Crippen molar-refractivity contribution >= 4 is 41.5 Å². The van der Waals surface area contributed by atoms with E-state index in [1.165, 1.54) is 32.1 Å². The molecule has 0 bridgehead atoms. The standard InChI is InChI=1S/C23H36N4O2.HI/c1-24-22(26-17-23(11-6-12-23)13-14-29-2)25-16-18-7-5-10-20(15-18)27-21(28)19-8-3-4-9-19;/h5,7,10,15,19H,3-4,6,8-9,11-14,16-17H2,1-2H3,(H,27,28)(H2,24,25,26);1H. The van der Waals surface area contributed by atoms with E-state index in [0.717, 1.165) is 49.6 Å². The number of carbonyl (C=O) groups is 1. The van der Waals surface area contributed by atoms with E-state index in [1.807, 2.05) is 18.2 Å². The van der Waals surface area contributed by atoms with E-state index in [2.05, 4.69) is 27.0 Å². The molecule has 30 heavy (non-hydrogen) atoms. The van der Waals surface area contributed by atoms with Gasteiger partial charge in [-0.3, -0.25) is 9.79 Å². The SMILES string of the molecule is CN=C(NCc1cccc(NC(=O)C2CCCC2)c1)NCC1(CCOC)CCC1.I. The molecule has 168 valence electrons. The third-order valence-corrected chi connectivity index (χ3v) is 6.49. The fraction of sp³-hybridized carbons (Fsp3) is 0.652. The third-order valence-electron chi connectivity index (χ3n) is 6.49. The first-order valence-corrected chi connectivity index (χ1v) is 11.0. The van der Waals surface area contributed by atoms with Crippen LogP contribution in [-0.4, -0.2) is 39.2 Å². The Morgan fingerprint density at radius 3 is 2.60 bits per heavy atom. The van der Waals surface area contributed by atoms with Gasteiger partial charge in [0.25, 0.3) is 0 Å². The number of anilines is 1. The van der Waals surface area contributed by atoms with Crippen LogP contribution < -0.4 is 16.0 Å². The molecule has 7 heteroatoms. The Labute approximate surface area is 198 Å². The lowest BCUT2D eigenvalue weighted by Crippen LogP contribution is -2.46. The number of nitrogens with one attached hydrogen (secondary N) is 3. The van der Waals surface area contributed by atoms with Crippen molar-refractivity contribution in [3.8, 4) is 0 Å². The van der Waals surface area contributed by atoms with Gasteiger partial charge in [0.05, 0.1) is 0 Å². The van der Waals surface area contributed by atoms with Gasteiger partial charge in [-0.05, 0) is 55.2 Å². The van der Waals surface area contributed by atoms with Crippen molar-refractivity contribution in [2.75, 3.05) is 32.6 Å². The van der Waals surface area contributed by atoms with Crippen molar-refractivity contribution in [3.63, 3.8) is 0 Å². The van der Waals surface area contributed by atoms with E-state index in [4.69, 9.17) is 4.74 Å². The van der Waals surface area contributed by atoms with Crippen LogP contribution in [0, 0.1) is 11.3 Å². The second-order valence-electron chi connectivity index (χ2n) is 8.55. The molecule has 3 rings (SSSR count). The van der Waals surface area contributed by atoms with Crippen LogP contribution in [-0.2, 0) is 16.1 Å². The minimum Gasteiger partial charge on any atom is -0.385 e. The molecule has 6 nitrogen and oxygen atoms in total. The number of hydrogen-bond acceptors (Lipinski definition) is 3. The number of aliphatic imine (C=N–C) groups is 1. The van der Waals surface area contributed by atoms with Gasteiger partial charge < -0.3 is 20.7 Å². The predicted octanol–water partition coefficient (Wildman–Crippen LogP) is 4.31. The fourth-order valence-corrected chi connectivity index (χ4v) is 4.38. The van der Waals surface area contributed by atoms with Crippen LogP contribution in [0.2, 0.25) is 0 Å². The number of amides is 1. The minimum absolute atomic E-state index is 0. The van der Waals surface area contributed by atoms with Gasteiger partial charge in [0.15, 0.2) is 5.96 Å². The molecule has 1 aromatic rings. The van der Waals surface area contributed by atoms with Gasteiger partial charge in [0.1, 0.15) is 0 Å². The van der Waals surface area contributed by atoms with E-state index in [1.54, 1.807) is 14.2 Å². The number of ether oxygens (including phenoxy) is 1. The highest BCUT2D eigenvalue weighted by Gasteiger charge is 2.36. The number of benzene rings is 1. The van der Waals surface area contributed by atoms with E-state index < -0.39 is 0 Å². The van der Waals surface area contributed by atoms with Gasteiger partial charge in [0.2, 0.25) is 5.91 Å². The van der Waals surface area contributed by atoms with Crippen molar-refractivity contribution < 1.29 is 9.53 Å². The summed E-state index contributed by atoms with van der Waals surface area (Å²) in [5, 5.41) is 9.96. The maximum absolute atomic E-state index is 12.4. The zero-order valence-corrected chi connectivity index (χ0v) is 20.7. The Bertz CT molecular complexity index is 700. The largest absolute Gasteiger partial charge is 0.385 e. The summed E-state index contributed by atoms with van der Waals surface area (Å²) in [7, 11) is 3.57. The summed E-state index contributed by atoms with van der Waals surface area (Å²) in [6, 6.07) is 8.06. The summed E-state index contributed by atoms with van der Waals surface area (Å²) in [6.07, 6.45) is 9.27. The average Bonchev–Trinajstić information content (AvgIpc) is 3.24.